The fourth-order valence-corrected chi connectivity index (χ4v) is 3.69. The molecule has 2 N–H and O–H groups in total. The molecule has 0 spiro atoms. The van der Waals surface area contributed by atoms with Crippen LogP contribution in [0.3, 0.4) is 0 Å². The maximum absolute atomic E-state index is 11.2. The van der Waals surface area contributed by atoms with Gasteiger partial charge < -0.3 is 10.2 Å². The van der Waals surface area contributed by atoms with E-state index in [1.165, 1.54) is 0 Å². The number of nitrogens with zero attached hydrogens (tertiary/aromatic N) is 1. The second kappa shape index (κ2) is 4.69. The van der Waals surface area contributed by atoms with Gasteiger partial charge in [0, 0.05) is 29.2 Å². The van der Waals surface area contributed by atoms with Crippen LogP contribution in [0.15, 0.2) is 18.2 Å². The molecular weight excluding hydrogens is 266 g/mol. The molecule has 0 aromatic heterocycles. The first-order chi connectivity index (χ1) is 9.06. The van der Waals surface area contributed by atoms with Crippen molar-refractivity contribution in [2.24, 2.45) is 5.92 Å². The average molecular weight is 282 g/mol. The SMILES string of the molecule is O=C(O)C1CC2CCC1N2Cc1cc(Cl)ccc1O. The molecule has 2 heterocycles. The number of aromatic hydroxyl groups is 1. The number of carboxylic acids is 1. The molecule has 3 atom stereocenters. The monoisotopic (exact) mass is 281 g/mol. The molecule has 2 saturated heterocycles. The quantitative estimate of drug-likeness (QED) is 0.894. The standard InChI is InChI=1S/C14H16ClNO3/c15-9-1-4-13(17)8(5-9)7-16-10-2-3-12(16)11(6-10)14(18)19/h1,4-5,10-12,17H,2-3,6-7H2,(H,18,19). The summed E-state index contributed by atoms with van der Waals surface area (Å²) in [6, 6.07) is 5.42. The number of hydrogen-bond acceptors (Lipinski definition) is 3. The summed E-state index contributed by atoms with van der Waals surface area (Å²) in [5.74, 6) is -0.741. The molecule has 0 aliphatic carbocycles. The van der Waals surface area contributed by atoms with Crippen molar-refractivity contribution >= 4 is 17.6 Å². The largest absolute Gasteiger partial charge is 0.508 e. The number of fused-ring (bicyclic) bond motifs is 2. The molecule has 1 aromatic carbocycles. The van der Waals surface area contributed by atoms with Crippen molar-refractivity contribution in [3.63, 3.8) is 0 Å². The lowest BCUT2D eigenvalue weighted by molar-refractivity contribution is -0.142. The molecule has 0 saturated carbocycles. The maximum Gasteiger partial charge on any atom is 0.308 e. The van der Waals surface area contributed by atoms with Crippen LogP contribution in [0.5, 0.6) is 5.75 Å². The van der Waals surface area contributed by atoms with E-state index in [-0.39, 0.29) is 17.7 Å². The van der Waals surface area contributed by atoms with Gasteiger partial charge in [-0.3, -0.25) is 9.69 Å². The molecule has 2 fully saturated rings. The van der Waals surface area contributed by atoms with Crippen molar-refractivity contribution in [3.05, 3.63) is 28.8 Å². The average Bonchev–Trinajstić information content (AvgIpc) is 2.91. The third kappa shape index (κ3) is 2.19. The number of halogens is 1. The minimum absolute atomic E-state index is 0.0980. The van der Waals surface area contributed by atoms with Crippen LogP contribution >= 0.6 is 11.6 Å². The van der Waals surface area contributed by atoms with Crippen LogP contribution in [-0.4, -0.2) is 33.2 Å². The van der Waals surface area contributed by atoms with Gasteiger partial charge in [-0.15, -0.1) is 0 Å². The number of rotatable bonds is 3. The van der Waals surface area contributed by atoms with Crippen LogP contribution < -0.4 is 0 Å². The molecule has 0 amide bonds. The summed E-state index contributed by atoms with van der Waals surface area (Å²) in [4.78, 5) is 13.4. The fourth-order valence-electron chi connectivity index (χ4n) is 3.49. The lowest BCUT2D eigenvalue weighted by Gasteiger charge is -2.23. The Kier molecular flexibility index (Phi) is 3.15. The molecule has 2 bridgehead atoms. The Morgan fingerprint density at radius 1 is 1.42 bits per heavy atom. The molecule has 19 heavy (non-hydrogen) atoms. The normalized spacial score (nSPS) is 29.8. The maximum atomic E-state index is 11.2. The van der Waals surface area contributed by atoms with E-state index in [2.05, 4.69) is 4.90 Å². The van der Waals surface area contributed by atoms with Crippen molar-refractivity contribution < 1.29 is 15.0 Å². The Morgan fingerprint density at radius 3 is 2.89 bits per heavy atom. The Balaban J connectivity index is 1.81. The van der Waals surface area contributed by atoms with Crippen LogP contribution in [0.1, 0.15) is 24.8 Å². The molecule has 3 rings (SSSR count). The van der Waals surface area contributed by atoms with Crippen LogP contribution in [0.25, 0.3) is 0 Å². The van der Waals surface area contributed by atoms with Gasteiger partial charge in [-0.2, -0.15) is 0 Å². The van der Waals surface area contributed by atoms with Crippen molar-refractivity contribution in [2.75, 3.05) is 0 Å². The molecule has 2 aliphatic rings. The van der Waals surface area contributed by atoms with E-state index in [4.69, 9.17) is 11.6 Å². The number of hydrogen-bond donors (Lipinski definition) is 2. The first kappa shape index (κ1) is 12.8. The number of phenols is 1. The van der Waals surface area contributed by atoms with Crippen LogP contribution in [0.4, 0.5) is 0 Å². The van der Waals surface area contributed by atoms with Gasteiger partial charge in [0.05, 0.1) is 5.92 Å². The van der Waals surface area contributed by atoms with Crippen molar-refractivity contribution in [1.29, 1.82) is 0 Å². The summed E-state index contributed by atoms with van der Waals surface area (Å²) in [6.45, 7) is 0.575. The molecule has 3 unspecified atom stereocenters. The van der Waals surface area contributed by atoms with Gasteiger partial charge in [0.15, 0.2) is 0 Å². The van der Waals surface area contributed by atoms with E-state index in [0.717, 1.165) is 24.8 Å². The Morgan fingerprint density at radius 2 is 2.21 bits per heavy atom. The topological polar surface area (TPSA) is 60.8 Å². The van der Waals surface area contributed by atoms with Gasteiger partial charge in [-0.05, 0) is 37.5 Å². The molecule has 4 nitrogen and oxygen atoms in total. The smallest absolute Gasteiger partial charge is 0.308 e. The molecular formula is C14H16ClNO3. The minimum atomic E-state index is -0.701. The number of carbonyl (C=O) groups is 1. The first-order valence-corrected chi connectivity index (χ1v) is 6.90. The van der Waals surface area contributed by atoms with E-state index in [1.54, 1.807) is 18.2 Å². The zero-order chi connectivity index (χ0) is 13.6. The van der Waals surface area contributed by atoms with Crippen LogP contribution in [0, 0.1) is 5.92 Å². The highest BCUT2D eigenvalue weighted by molar-refractivity contribution is 6.30. The highest BCUT2D eigenvalue weighted by Crippen LogP contribution is 2.43. The molecule has 102 valence electrons. The van der Waals surface area contributed by atoms with Crippen molar-refractivity contribution in [3.8, 4) is 5.75 Å². The van der Waals surface area contributed by atoms with Gasteiger partial charge in [0.25, 0.3) is 0 Å². The summed E-state index contributed by atoms with van der Waals surface area (Å²) in [7, 11) is 0. The lowest BCUT2D eigenvalue weighted by Crippen LogP contribution is -2.32. The summed E-state index contributed by atoms with van der Waals surface area (Å²) in [5.41, 5.74) is 0.774. The van der Waals surface area contributed by atoms with E-state index in [1.807, 2.05) is 0 Å². The van der Waals surface area contributed by atoms with E-state index < -0.39 is 5.97 Å². The number of benzene rings is 1. The molecule has 0 radical (unpaired) electrons. The van der Waals surface area contributed by atoms with E-state index in [9.17, 15) is 15.0 Å². The molecule has 2 aliphatic heterocycles. The van der Waals surface area contributed by atoms with Crippen LogP contribution in [0.2, 0.25) is 5.02 Å². The van der Waals surface area contributed by atoms with Crippen molar-refractivity contribution in [2.45, 2.75) is 37.9 Å². The first-order valence-electron chi connectivity index (χ1n) is 6.52. The third-order valence-electron chi connectivity index (χ3n) is 4.39. The minimum Gasteiger partial charge on any atom is -0.508 e. The zero-order valence-electron chi connectivity index (χ0n) is 10.4. The molecule has 5 heteroatoms. The predicted octanol–water partition coefficient (Wildman–Crippen LogP) is 2.48. The van der Waals surface area contributed by atoms with E-state index >= 15 is 0 Å². The van der Waals surface area contributed by atoms with Gasteiger partial charge in [0.2, 0.25) is 0 Å². The fraction of sp³-hybridized carbons (Fsp3) is 0.500. The van der Waals surface area contributed by atoms with E-state index in [0.29, 0.717) is 17.6 Å². The highest BCUT2D eigenvalue weighted by atomic mass is 35.5. The lowest BCUT2D eigenvalue weighted by atomic mass is 9.89. The van der Waals surface area contributed by atoms with Gasteiger partial charge in [0.1, 0.15) is 5.75 Å². The Hall–Kier alpha value is -1.26. The summed E-state index contributed by atoms with van der Waals surface area (Å²) in [6.07, 6.45) is 2.71. The predicted molar refractivity (Wildman–Crippen MR) is 71.2 cm³/mol. The molecule has 1 aromatic rings. The summed E-state index contributed by atoms with van der Waals surface area (Å²) < 4.78 is 0. The number of phenolic OH excluding ortho intramolecular Hbond substituents is 1. The van der Waals surface area contributed by atoms with Gasteiger partial charge >= 0.3 is 5.97 Å². The van der Waals surface area contributed by atoms with Gasteiger partial charge in [-0.25, -0.2) is 0 Å². The second-order valence-corrected chi connectivity index (χ2v) is 5.86. The van der Waals surface area contributed by atoms with Gasteiger partial charge in [-0.1, -0.05) is 11.6 Å². The van der Waals surface area contributed by atoms with Crippen molar-refractivity contribution in [1.82, 2.24) is 4.90 Å². The number of carboxylic acid groups (broad SMARTS) is 1. The van der Waals surface area contributed by atoms with Crippen LogP contribution in [-0.2, 0) is 11.3 Å². The second-order valence-electron chi connectivity index (χ2n) is 5.42. The highest BCUT2D eigenvalue weighted by Gasteiger charge is 2.49. The zero-order valence-corrected chi connectivity index (χ0v) is 11.2. The Labute approximate surface area is 116 Å². The number of aliphatic carboxylic acids is 1. The third-order valence-corrected chi connectivity index (χ3v) is 4.63. The Bertz CT molecular complexity index is 519. The summed E-state index contributed by atoms with van der Waals surface area (Å²) >= 11 is 5.95. The summed E-state index contributed by atoms with van der Waals surface area (Å²) in [5, 5.41) is 19.7.